The Kier molecular flexibility index (Phi) is 6.19. The molecule has 2 aromatic carbocycles. The number of nitrogens with one attached hydrogen (secondary N) is 1. The number of furan rings is 1. The van der Waals surface area contributed by atoms with Crippen molar-refractivity contribution < 1.29 is 5.84 Å². The number of aryl methyl sites for hydroxylation is 1. The maximum Gasteiger partial charge on any atom is 0.134 e. The van der Waals surface area contributed by atoms with Crippen molar-refractivity contribution in [3.05, 3.63) is 66.1 Å². The highest BCUT2D eigenvalue weighted by Crippen LogP contribution is 2.26. The molecule has 3 nitrogen and oxygen atoms in total. The fourth-order valence-corrected chi connectivity index (χ4v) is 2.56. The number of hydrogen-bond acceptors (Lipinski definition) is 2. The summed E-state index contributed by atoms with van der Waals surface area (Å²) in [7, 11) is 0. The van der Waals surface area contributed by atoms with Crippen molar-refractivity contribution in [2.45, 2.75) is 40.5 Å². The molecule has 0 aliphatic rings. The Bertz CT molecular complexity index is 893. The van der Waals surface area contributed by atoms with E-state index in [2.05, 4.69) is 43.1 Å². The van der Waals surface area contributed by atoms with Crippen molar-refractivity contribution in [3.8, 4) is 0 Å². The topological polar surface area (TPSA) is 41.8 Å². The molecule has 0 unspecified atom stereocenters. The quantitative estimate of drug-likeness (QED) is 0.423. The molecule has 0 atom stereocenters. The van der Waals surface area contributed by atoms with Crippen molar-refractivity contribution in [2.75, 3.05) is 0 Å². The van der Waals surface area contributed by atoms with Crippen LogP contribution in [0.3, 0.4) is 0 Å². The normalized spacial score (nSPS) is 10.2. The van der Waals surface area contributed by atoms with Gasteiger partial charge in [-0.1, -0.05) is 64.1 Å². The molecule has 4 aromatic rings. The summed E-state index contributed by atoms with van der Waals surface area (Å²) in [5.41, 5.74) is 4.67. The van der Waals surface area contributed by atoms with Crippen LogP contribution in [0.4, 0.5) is 0 Å². The van der Waals surface area contributed by atoms with E-state index in [0.717, 1.165) is 11.1 Å². The fourth-order valence-electron chi connectivity index (χ4n) is 2.56. The van der Waals surface area contributed by atoms with Crippen molar-refractivity contribution in [3.63, 3.8) is 0 Å². The molecule has 2 heterocycles. The molecule has 0 fully saturated rings. The molecule has 0 aliphatic carbocycles. The summed E-state index contributed by atoms with van der Waals surface area (Å²) in [6.07, 6.45) is 3.69. The molecule has 0 bridgehead atoms. The zero-order valence-electron chi connectivity index (χ0n) is 15.1. The minimum absolute atomic E-state index is 0. The highest BCUT2D eigenvalue weighted by Gasteiger charge is 2.07. The van der Waals surface area contributed by atoms with Crippen LogP contribution >= 0.6 is 0 Å². The van der Waals surface area contributed by atoms with E-state index in [1.54, 1.807) is 0 Å². The maximum absolute atomic E-state index is 5.41. The lowest BCUT2D eigenvalue weighted by Crippen LogP contribution is -1.82. The monoisotopic (exact) mass is 324 g/mol. The molecule has 0 saturated heterocycles. The molecule has 0 radical (unpaired) electrons. The molecule has 3 heteroatoms. The summed E-state index contributed by atoms with van der Waals surface area (Å²) in [5.74, 6) is 0.536. The summed E-state index contributed by atoms with van der Waals surface area (Å²) in [4.78, 5) is 0. The number of H-pyrrole nitrogens is 1. The molecule has 4 rings (SSSR count). The van der Waals surface area contributed by atoms with Crippen LogP contribution in [-0.2, 0) is 0 Å². The standard InChI is InChI=1S/C11H12O.C8H8N2.C2H6.H2/c1-8(2)10-7-12-11-6-4-3-5-9(10)11;1-6-3-2-4-7-5-9-10-8(6)7;1-2;/h3-8H,1-2H3;2-5H,1H3,(H,9,10);1-2H3;1H. The summed E-state index contributed by atoms with van der Waals surface area (Å²) < 4.78 is 5.41. The van der Waals surface area contributed by atoms with Gasteiger partial charge in [-0.05, 0) is 24.5 Å². The van der Waals surface area contributed by atoms with E-state index in [9.17, 15) is 0 Å². The van der Waals surface area contributed by atoms with E-state index in [0.29, 0.717) is 5.92 Å². The average Bonchev–Trinajstić information content (AvgIpc) is 3.25. The summed E-state index contributed by atoms with van der Waals surface area (Å²) in [6, 6.07) is 14.3. The largest absolute Gasteiger partial charge is 0.464 e. The molecule has 0 spiro atoms. The van der Waals surface area contributed by atoms with E-state index in [4.69, 9.17) is 4.42 Å². The Balaban J connectivity index is 0.000000222. The van der Waals surface area contributed by atoms with Gasteiger partial charge in [0.1, 0.15) is 5.58 Å². The second-order valence-electron chi connectivity index (χ2n) is 5.75. The number of aromatic amines is 1. The minimum Gasteiger partial charge on any atom is -0.464 e. The van der Waals surface area contributed by atoms with Gasteiger partial charge >= 0.3 is 0 Å². The van der Waals surface area contributed by atoms with Gasteiger partial charge in [0.2, 0.25) is 0 Å². The van der Waals surface area contributed by atoms with Crippen LogP contribution in [0.25, 0.3) is 21.9 Å². The zero-order valence-corrected chi connectivity index (χ0v) is 15.1. The SMILES string of the molecule is CC.CC(C)c1coc2ccccc12.Cc1cccc2cn[nH]c12.[HH]. The first kappa shape index (κ1) is 17.8. The van der Waals surface area contributed by atoms with Gasteiger partial charge < -0.3 is 4.42 Å². The number of aromatic nitrogens is 2. The average molecular weight is 324 g/mol. The first-order chi connectivity index (χ1) is 11.7. The predicted octanol–water partition coefficient (Wildman–Crippen LogP) is 6.70. The molecule has 128 valence electrons. The number of fused-ring (bicyclic) bond motifs is 2. The first-order valence-corrected chi connectivity index (χ1v) is 8.51. The number of rotatable bonds is 1. The second kappa shape index (κ2) is 8.34. The van der Waals surface area contributed by atoms with Gasteiger partial charge in [0.15, 0.2) is 0 Å². The van der Waals surface area contributed by atoms with Crippen LogP contribution in [0.5, 0.6) is 0 Å². The molecular weight excluding hydrogens is 296 g/mol. The molecule has 0 amide bonds. The van der Waals surface area contributed by atoms with Crippen LogP contribution in [0.15, 0.2) is 59.3 Å². The van der Waals surface area contributed by atoms with E-state index < -0.39 is 0 Å². The zero-order chi connectivity index (χ0) is 17.5. The van der Waals surface area contributed by atoms with E-state index in [1.807, 2.05) is 56.6 Å². The minimum atomic E-state index is 0. The second-order valence-corrected chi connectivity index (χ2v) is 5.75. The highest BCUT2D eigenvalue weighted by molar-refractivity contribution is 5.81. The van der Waals surface area contributed by atoms with Gasteiger partial charge in [0, 0.05) is 17.8 Å². The van der Waals surface area contributed by atoms with E-state index in [1.165, 1.54) is 21.9 Å². The van der Waals surface area contributed by atoms with Crippen LogP contribution in [0.1, 0.15) is 46.2 Å². The lowest BCUT2D eigenvalue weighted by atomic mass is 10.0. The Morgan fingerprint density at radius 1 is 1.04 bits per heavy atom. The molecule has 24 heavy (non-hydrogen) atoms. The third-order valence-corrected chi connectivity index (χ3v) is 3.82. The number of hydrogen-bond donors (Lipinski definition) is 1. The van der Waals surface area contributed by atoms with E-state index in [-0.39, 0.29) is 1.43 Å². The van der Waals surface area contributed by atoms with Gasteiger partial charge in [-0.25, -0.2) is 0 Å². The highest BCUT2D eigenvalue weighted by atomic mass is 16.3. The Hall–Kier alpha value is -2.55. The van der Waals surface area contributed by atoms with Crippen LogP contribution in [0.2, 0.25) is 0 Å². The molecular formula is C21H28N2O. The van der Waals surface area contributed by atoms with Crippen molar-refractivity contribution in [1.29, 1.82) is 0 Å². The van der Waals surface area contributed by atoms with Crippen molar-refractivity contribution in [1.82, 2.24) is 10.2 Å². The lowest BCUT2D eigenvalue weighted by molar-refractivity contribution is 0.606. The molecule has 0 aliphatic heterocycles. The number of para-hydroxylation sites is 2. The first-order valence-electron chi connectivity index (χ1n) is 8.51. The predicted molar refractivity (Wildman–Crippen MR) is 105 cm³/mol. The van der Waals surface area contributed by atoms with Gasteiger partial charge in [0.05, 0.1) is 18.0 Å². The van der Waals surface area contributed by atoms with Crippen LogP contribution in [0, 0.1) is 6.92 Å². The van der Waals surface area contributed by atoms with Crippen molar-refractivity contribution in [2.24, 2.45) is 0 Å². The summed E-state index contributed by atoms with van der Waals surface area (Å²) in [5, 5.41) is 9.30. The van der Waals surface area contributed by atoms with Crippen LogP contribution < -0.4 is 0 Å². The Morgan fingerprint density at radius 3 is 2.50 bits per heavy atom. The van der Waals surface area contributed by atoms with Gasteiger partial charge in [-0.3, -0.25) is 5.10 Å². The molecule has 2 aromatic heterocycles. The maximum atomic E-state index is 5.41. The smallest absolute Gasteiger partial charge is 0.134 e. The number of benzene rings is 2. The summed E-state index contributed by atoms with van der Waals surface area (Å²) >= 11 is 0. The third-order valence-electron chi connectivity index (χ3n) is 3.82. The number of nitrogens with zero attached hydrogens (tertiary/aromatic N) is 1. The van der Waals surface area contributed by atoms with Crippen LogP contribution in [-0.4, -0.2) is 10.2 Å². The fraction of sp³-hybridized carbons (Fsp3) is 0.286. The Labute approximate surface area is 145 Å². The van der Waals surface area contributed by atoms with Crippen molar-refractivity contribution >= 4 is 21.9 Å². The third kappa shape index (κ3) is 3.85. The van der Waals surface area contributed by atoms with Gasteiger partial charge in [0.25, 0.3) is 0 Å². The summed E-state index contributed by atoms with van der Waals surface area (Å²) in [6.45, 7) is 10.4. The lowest BCUT2D eigenvalue weighted by Gasteiger charge is -1.99. The van der Waals surface area contributed by atoms with E-state index >= 15 is 0 Å². The van der Waals surface area contributed by atoms with Gasteiger partial charge in [-0.2, -0.15) is 5.10 Å². The Morgan fingerprint density at radius 2 is 1.79 bits per heavy atom. The van der Waals surface area contributed by atoms with Gasteiger partial charge in [-0.15, -0.1) is 0 Å². The molecule has 1 N–H and O–H groups in total. The molecule has 0 saturated carbocycles.